The van der Waals surface area contributed by atoms with Crippen molar-refractivity contribution in [1.82, 2.24) is 10.3 Å². The monoisotopic (exact) mass is 529 g/mol. The maximum absolute atomic E-state index is 15.0. The van der Waals surface area contributed by atoms with Gasteiger partial charge in [-0.1, -0.05) is 11.6 Å². The highest BCUT2D eigenvalue weighted by molar-refractivity contribution is 6.33. The van der Waals surface area contributed by atoms with Gasteiger partial charge in [0, 0.05) is 68.0 Å². The summed E-state index contributed by atoms with van der Waals surface area (Å²) < 4.78 is 25.6. The molecule has 1 saturated heterocycles. The lowest BCUT2D eigenvalue weighted by molar-refractivity contribution is 0.0456. The van der Waals surface area contributed by atoms with Gasteiger partial charge in [-0.2, -0.15) is 5.26 Å². The highest BCUT2D eigenvalue weighted by Gasteiger charge is 2.32. The fourth-order valence-electron chi connectivity index (χ4n) is 5.24. The molecule has 37 heavy (non-hydrogen) atoms. The molecule has 9 heteroatoms. The molecular weight excluding hydrogens is 493 g/mol. The molecule has 0 radical (unpaired) electrons. The zero-order chi connectivity index (χ0) is 26.3. The number of nitrogens with one attached hydrogen (secondary N) is 3. The Bertz CT molecular complexity index is 1080. The summed E-state index contributed by atoms with van der Waals surface area (Å²) in [6, 6.07) is 10.3. The predicted octanol–water partition coefficient (Wildman–Crippen LogP) is 5.62. The lowest BCUT2D eigenvalue weighted by Gasteiger charge is -2.32. The highest BCUT2D eigenvalue weighted by Crippen LogP contribution is 2.35. The molecule has 0 amide bonds. The first-order valence-corrected chi connectivity index (χ1v) is 13.5. The van der Waals surface area contributed by atoms with Gasteiger partial charge in [0.15, 0.2) is 0 Å². The number of halogens is 2. The van der Waals surface area contributed by atoms with E-state index >= 15 is 0 Å². The van der Waals surface area contributed by atoms with Crippen LogP contribution in [0.4, 0.5) is 15.9 Å². The first-order valence-electron chi connectivity index (χ1n) is 13.1. The summed E-state index contributed by atoms with van der Waals surface area (Å²) >= 11 is 6.48. The molecule has 1 atom stereocenters. The van der Waals surface area contributed by atoms with Gasteiger partial charge in [0.25, 0.3) is 0 Å². The largest absolute Gasteiger partial charge is 0.383 e. The normalized spacial score (nSPS) is 22.1. The van der Waals surface area contributed by atoms with Crippen LogP contribution in [0.25, 0.3) is 11.1 Å². The van der Waals surface area contributed by atoms with E-state index in [1.54, 1.807) is 25.4 Å². The van der Waals surface area contributed by atoms with Gasteiger partial charge in [0.1, 0.15) is 11.6 Å². The molecule has 0 spiro atoms. The summed E-state index contributed by atoms with van der Waals surface area (Å²) in [5.41, 5.74) is 1.26. The third-order valence-corrected chi connectivity index (χ3v) is 7.75. The summed E-state index contributed by atoms with van der Waals surface area (Å²) in [6.45, 7) is 4.49. The number of rotatable bonds is 10. The van der Waals surface area contributed by atoms with E-state index in [0.29, 0.717) is 79.3 Å². The van der Waals surface area contributed by atoms with E-state index < -0.39 is 5.41 Å². The van der Waals surface area contributed by atoms with Gasteiger partial charge in [-0.25, -0.2) is 9.37 Å². The van der Waals surface area contributed by atoms with Gasteiger partial charge in [-0.05, 0) is 69.7 Å². The Morgan fingerprint density at radius 1 is 1.19 bits per heavy atom. The number of nitriles is 1. The van der Waals surface area contributed by atoms with Gasteiger partial charge in [-0.3, -0.25) is 0 Å². The Balaban J connectivity index is 1.41. The van der Waals surface area contributed by atoms with Crippen molar-refractivity contribution in [1.29, 1.82) is 5.26 Å². The first-order chi connectivity index (χ1) is 17.9. The van der Waals surface area contributed by atoms with Crippen molar-refractivity contribution < 1.29 is 13.9 Å². The smallest absolute Gasteiger partial charge is 0.131 e. The number of pyridine rings is 1. The topological polar surface area (TPSA) is 91.2 Å². The molecule has 0 bridgehead atoms. The Morgan fingerprint density at radius 3 is 2.62 bits per heavy atom. The molecule has 1 aliphatic heterocycles. The van der Waals surface area contributed by atoms with Gasteiger partial charge in [0.2, 0.25) is 0 Å². The van der Waals surface area contributed by atoms with Crippen molar-refractivity contribution in [2.45, 2.75) is 63.6 Å². The first kappa shape index (κ1) is 27.6. The van der Waals surface area contributed by atoms with Crippen molar-refractivity contribution in [2.24, 2.45) is 5.41 Å². The average molecular weight is 530 g/mol. The second kappa shape index (κ2) is 12.9. The van der Waals surface area contributed by atoms with Crippen LogP contribution >= 0.6 is 11.6 Å². The lowest BCUT2D eigenvalue weighted by atomic mass is 9.81. The summed E-state index contributed by atoms with van der Waals surface area (Å²) in [4.78, 5) is 4.46. The maximum Gasteiger partial charge on any atom is 0.131 e. The zero-order valence-corrected chi connectivity index (χ0v) is 22.4. The molecule has 1 aromatic carbocycles. The molecule has 3 N–H and O–H groups in total. The Morgan fingerprint density at radius 2 is 1.92 bits per heavy atom. The van der Waals surface area contributed by atoms with E-state index in [1.165, 1.54) is 6.07 Å². The SMILES string of the molecule is COC[C@@H](C)N[C@H]1CC[C@H](Nc2cc(-c3cc(NCC4(C#N)CCOCC4)ccc3F)c(Cl)cn2)CC1. The molecule has 1 saturated carbocycles. The second-order valence-electron chi connectivity index (χ2n) is 10.3. The molecule has 2 aromatic rings. The standard InChI is InChI=1S/C28H37ClFN5O2/c1-19(16-36-2)34-20-3-5-21(6-4-20)35-27-14-23(25(29)15-32-27)24-13-22(7-8-26(24)30)33-18-28(17-31)9-11-37-12-10-28/h7-8,13-15,19-21,33-34H,3-6,9-12,16,18H2,1-2H3,(H,32,35)/t19-,20-,21-/m1/s1. The molecular formula is C28H37ClFN5O2. The zero-order valence-electron chi connectivity index (χ0n) is 21.7. The van der Waals surface area contributed by atoms with Crippen LogP contribution in [0, 0.1) is 22.6 Å². The Hall–Kier alpha value is -2.44. The molecule has 2 fully saturated rings. The Labute approximate surface area is 224 Å². The van der Waals surface area contributed by atoms with Crippen LogP contribution < -0.4 is 16.0 Å². The van der Waals surface area contributed by atoms with E-state index in [-0.39, 0.29) is 5.82 Å². The molecule has 2 heterocycles. The minimum atomic E-state index is -0.478. The predicted molar refractivity (Wildman–Crippen MR) is 145 cm³/mol. The second-order valence-corrected chi connectivity index (χ2v) is 10.7. The third kappa shape index (κ3) is 7.32. The van der Waals surface area contributed by atoms with E-state index in [0.717, 1.165) is 31.4 Å². The van der Waals surface area contributed by atoms with Crippen molar-refractivity contribution in [2.75, 3.05) is 44.1 Å². The number of anilines is 2. The summed E-state index contributed by atoms with van der Waals surface area (Å²) in [5.74, 6) is 0.328. The quantitative estimate of drug-likeness (QED) is 0.368. The van der Waals surface area contributed by atoms with Crippen LogP contribution in [0.15, 0.2) is 30.5 Å². The van der Waals surface area contributed by atoms with Crippen LogP contribution in [0.2, 0.25) is 5.02 Å². The van der Waals surface area contributed by atoms with Crippen LogP contribution in [-0.4, -0.2) is 56.6 Å². The third-order valence-electron chi connectivity index (χ3n) is 7.45. The highest BCUT2D eigenvalue weighted by atomic mass is 35.5. The minimum Gasteiger partial charge on any atom is -0.383 e. The fraction of sp³-hybridized carbons (Fsp3) is 0.571. The number of hydrogen-bond donors (Lipinski definition) is 3. The number of benzene rings is 1. The molecule has 4 rings (SSSR count). The molecule has 0 unspecified atom stereocenters. The number of hydrogen-bond acceptors (Lipinski definition) is 7. The van der Waals surface area contributed by atoms with Crippen LogP contribution in [0.5, 0.6) is 0 Å². The van der Waals surface area contributed by atoms with Crippen molar-refractivity contribution in [3.05, 3.63) is 41.3 Å². The van der Waals surface area contributed by atoms with Crippen molar-refractivity contribution in [3.63, 3.8) is 0 Å². The van der Waals surface area contributed by atoms with Gasteiger partial charge in [0.05, 0.1) is 23.1 Å². The maximum atomic E-state index is 15.0. The number of ether oxygens (including phenoxy) is 2. The molecule has 1 aliphatic carbocycles. The molecule has 200 valence electrons. The molecule has 1 aromatic heterocycles. The Kier molecular flexibility index (Phi) is 9.60. The number of nitrogens with zero attached hydrogens (tertiary/aromatic N) is 2. The van der Waals surface area contributed by atoms with Crippen molar-refractivity contribution in [3.8, 4) is 17.2 Å². The van der Waals surface area contributed by atoms with Crippen LogP contribution in [0.3, 0.4) is 0 Å². The van der Waals surface area contributed by atoms with E-state index in [1.807, 2.05) is 6.07 Å². The van der Waals surface area contributed by atoms with Crippen LogP contribution in [0.1, 0.15) is 45.4 Å². The van der Waals surface area contributed by atoms with Gasteiger partial charge < -0.3 is 25.4 Å². The van der Waals surface area contributed by atoms with Crippen molar-refractivity contribution >= 4 is 23.1 Å². The minimum absolute atomic E-state index is 0.303. The summed E-state index contributed by atoms with van der Waals surface area (Å²) in [6.07, 6.45) is 7.13. The molecule has 7 nitrogen and oxygen atoms in total. The lowest BCUT2D eigenvalue weighted by Crippen LogP contribution is -2.42. The number of methoxy groups -OCH3 is 1. The summed E-state index contributed by atoms with van der Waals surface area (Å²) in [5, 5.41) is 20.6. The summed E-state index contributed by atoms with van der Waals surface area (Å²) in [7, 11) is 1.72. The van der Waals surface area contributed by atoms with Crippen LogP contribution in [-0.2, 0) is 9.47 Å². The fourth-order valence-corrected chi connectivity index (χ4v) is 5.45. The van der Waals surface area contributed by atoms with Gasteiger partial charge >= 0.3 is 0 Å². The van der Waals surface area contributed by atoms with E-state index in [9.17, 15) is 9.65 Å². The number of aromatic nitrogens is 1. The molecule has 2 aliphatic rings. The van der Waals surface area contributed by atoms with Gasteiger partial charge in [-0.15, -0.1) is 0 Å². The average Bonchev–Trinajstić information content (AvgIpc) is 2.91. The van der Waals surface area contributed by atoms with E-state index in [4.69, 9.17) is 21.1 Å². The van der Waals surface area contributed by atoms with E-state index in [2.05, 4.69) is 33.9 Å².